The van der Waals surface area contributed by atoms with Crippen LogP contribution < -0.4 is 4.74 Å². The van der Waals surface area contributed by atoms with Gasteiger partial charge in [0.1, 0.15) is 5.75 Å². The summed E-state index contributed by atoms with van der Waals surface area (Å²) in [4.78, 5) is 25.9. The number of hydrogen-bond donors (Lipinski definition) is 1. The third-order valence-electron chi connectivity index (χ3n) is 6.61. The van der Waals surface area contributed by atoms with E-state index in [1.54, 1.807) is 12.4 Å². The Hall–Kier alpha value is -3.78. The number of nitrogens with zero attached hydrogens (tertiary/aromatic N) is 5. The van der Waals surface area contributed by atoms with Gasteiger partial charge in [0.25, 0.3) is 0 Å². The molecule has 1 N–H and O–H groups in total. The highest BCUT2D eigenvalue weighted by Gasteiger charge is 2.24. The fourth-order valence-electron chi connectivity index (χ4n) is 4.31. The first-order valence-corrected chi connectivity index (χ1v) is 12.1. The summed E-state index contributed by atoms with van der Waals surface area (Å²) in [5.41, 5.74) is 3.91. The van der Waals surface area contributed by atoms with Crippen LogP contribution in [-0.2, 0) is 11.3 Å². The zero-order chi connectivity index (χ0) is 24.2. The van der Waals surface area contributed by atoms with Crippen molar-refractivity contribution in [3.63, 3.8) is 0 Å². The molecule has 4 aromatic rings. The Morgan fingerprint density at radius 2 is 1.91 bits per heavy atom. The number of carbonyl (C=O) groups excluding carboxylic acids is 1. The number of fused-ring (bicyclic) bond motifs is 1. The number of ether oxygens (including phenoxy) is 1. The van der Waals surface area contributed by atoms with Crippen molar-refractivity contribution in [2.24, 2.45) is 5.92 Å². The molecule has 1 aliphatic heterocycles. The number of nitrogens with one attached hydrogen (secondary N) is 1. The Morgan fingerprint density at radius 1 is 1.06 bits per heavy atom. The molecule has 1 fully saturated rings. The summed E-state index contributed by atoms with van der Waals surface area (Å²) in [5, 5.41) is 7.97. The maximum absolute atomic E-state index is 12.4. The molecule has 1 amide bonds. The van der Waals surface area contributed by atoms with E-state index in [1.807, 2.05) is 54.4 Å². The van der Waals surface area contributed by atoms with E-state index in [0.29, 0.717) is 11.6 Å². The summed E-state index contributed by atoms with van der Waals surface area (Å²) in [6.45, 7) is 8.28. The Morgan fingerprint density at radius 3 is 2.63 bits per heavy atom. The van der Waals surface area contributed by atoms with Gasteiger partial charge < -0.3 is 9.64 Å². The Balaban J connectivity index is 1.20. The second kappa shape index (κ2) is 10.2. The highest BCUT2D eigenvalue weighted by Crippen LogP contribution is 2.26. The lowest BCUT2D eigenvalue weighted by molar-refractivity contribution is -0.136. The quantitative estimate of drug-likeness (QED) is 0.428. The first-order chi connectivity index (χ1) is 17.1. The van der Waals surface area contributed by atoms with Gasteiger partial charge in [-0.05, 0) is 42.3 Å². The smallest absolute Gasteiger partial charge is 0.225 e. The molecule has 0 radical (unpaired) electrons. The van der Waals surface area contributed by atoms with Gasteiger partial charge in [-0.2, -0.15) is 5.10 Å². The van der Waals surface area contributed by atoms with E-state index in [9.17, 15) is 4.79 Å². The van der Waals surface area contributed by atoms with Crippen LogP contribution in [0.5, 0.6) is 11.6 Å². The lowest BCUT2D eigenvalue weighted by Gasteiger charge is -2.35. The van der Waals surface area contributed by atoms with E-state index in [-0.39, 0.29) is 11.8 Å². The molecule has 8 nitrogen and oxygen atoms in total. The van der Waals surface area contributed by atoms with Crippen LogP contribution in [0.3, 0.4) is 0 Å². The molecule has 0 aliphatic carbocycles. The van der Waals surface area contributed by atoms with Gasteiger partial charge in [0.05, 0.1) is 11.2 Å². The SMILES string of the molecule is CCC(C)C(=O)N1CCN(Cc2cnc3cc(Oc4ccc(-c5ccn[nH]5)cn4)ccc3c2)CC1. The fourth-order valence-corrected chi connectivity index (χ4v) is 4.31. The number of piperazine rings is 1. The molecule has 1 unspecified atom stereocenters. The van der Waals surface area contributed by atoms with Crippen molar-refractivity contribution in [3.05, 3.63) is 66.6 Å². The maximum Gasteiger partial charge on any atom is 0.225 e. The van der Waals surface area contributed by atoms with Gasteiger partial charge >= 0.3 is 0 Å². The molecular formula is C27H30N6O2. The van der Waals surface area contributed by atoms with E-state index in [4.69, 9.17) is 4.74 Å². The fraction of sp³-hybridized carbons (Fsp3) is 0.333. The first-order valence-electron chi connectivity index (χ1n) is 12.1. The van der Waals surface area contributed by atoms with E-state index < -0.39 is 0 Å². The summed E-state index contributed by atoms with van der Waals surface area (Å²) in [7, 11) is 0. The van der Waals surface area contributed by atoms with Crippen molar-refractivity contribution < 1.29 is 9.53 Å². The van der Waals surface area contributed by atoms with Crippen molar-refractivity contribution in [2.45, 2.75) is 26.8 Å². The average molecular weight is 471 g/mol. The minimum Gasteiger partial charge on any atom is -0.439 e. The van der Waals surface area contributed by atoms with E-state index >= 15 is 0 Å². The second-order valence-corrected chi connectivity index (χ2v) is 9.07. The van der Waals surface area contributed by atoms with Gasteiger partial charge in [0.2, 0.25) is 11.8 Å². The zero-order valence-electron chi connectivity index (χ0n) is 20.1. The lowest BCUT2D eigenvalue weighted by Crippen LogP contribution is -2.49. The topological polar surface area (TPSA) is 87.2 Å². The molecule has 0 bridgehead atoms. The Bertz CT molecular complexity index is 1280. The molecule has 35 heavy (non-hydrogen) atoms. The largest absolute Gasteiger partial charge is 0.439 e. The highest BCUT2D eigenvalue weighted by molar-refractivity contribution is 5.80. The summed E-state index contributed by atoms with van der Waals surface area (Å²) in [6.07, 6.45) is 6.29. The monoisotopic (exact) mass is 470 g/mol. The number of aromatic nitrogens is 4. The number of amides is 1. The second-order valence-electron chi connectivity index (χ2n) is 9.07. The van der Waals surface area contributed by atoms with Crippen LogP contribution >= 0.6 is 0 Å². The standard InChI is InChI=1S/C27H30N6O2/c1-3-19(2)27(34)33-12-10-32(11-13-33)18-20-14-21-4-6-23(15-25(21)28-16-20)35-26-7-5-22(17-29-26)24-8-9-30-31-24/h4-9,14-17,19H,3,10-13,18H2,1-2H3,(H,30,31). The summed E-state index contributed by atoms with van der Waals surface area (Å²) < 4.78 is 5.95. The molecule has 4 heterocycles. The van der Waals surface area contributed by atoms with Crippen molar-refractivity contribution in [1.82, 2.24) is 30.0 Å². The molecule has 1 atom stereocenters. The van der Waals surface area contributed by atoms with Crippen molar-refractivity contribution in [1.29, 1.82) is 0 Å². The van der Waals surface area contributed by atoms with Crippen LogP contribution in [0.2, 0.25) is 0 Å². The summed E-state index contributed by atoms with van der Waals surface area (Å²) in [6, 6.07) is 13.8. The minimum atomic E-state index is 0.109. The normalized spacial score (nSPS) is 15.3. The highest BCUT2D eigenvalue weighted by atomic mass is 16.5. The number of carbonyl (C=O) groups is 1. The first kappa shape index (κ1) is 23.0. The van der Waals surface area contributed by atoms with Crippen molar-refractivity contribution in [2.75, 3.05) is 26.2 Å². The average Bonchev–Trinajstić information content (AvgIpc) is 3.44. The zero-order valence-corrected chi connectivity index (χ0v) is 20.1. The van der Waals surface area contributed by atoms with Crippen LogP contribution in [-0.4, -0.2) is 62.1 Å². The summed E-state index contributed by atoms with van der Waals surface area (Å²) in [5.74, 6) is 1.61. The predicted octanol–water partition coefficient (Wildman–Crippen LogP) is 4.50. The number of rotatable bonds is 7. The maximum atomic E-state index is 12.4. The molecule has 1 aliphatic rings. The van der Waals surface area contributed by atoms with Gasteiger partial charge in [0, 0.05) is 80.3 Å². The van der Waals surface area contributed by atoms with Crippen LogP contribution in [0, 0.1) is 5.92 Å². The predicted molar refractivity (Wildman–Crippen MR) is 135 cm³/mol. The Labute approximate surface area is 205 Å². The van der Waals surface area contributed by atoms with Gasteiger partial charge in [0.15, 0.2) is 0 Å². The Kier molecular flexibility index (Phi) is 6.72. The molecule has 1 aromatic carbocycles. The molecule has 0 saturated carbocycles. The van der Waals surface area contributed by atoms with E-state index in [0.717, 1.165) is 61.3 Å². The molecule has 5 rings (SSSR count). The minimum absolute atomic E-state index is 0.109. The molecule has 3 aromatic heterocycles. The van der Waals surface area contributed by atoms with Gasteiger partial charge in [-0.1, -0.05) is 13.8 Å². The van der Waals surface area contributed by atoms with Gasteiger partial charge in [-0.15, -0.1) is 0 Å². The van der Waals surface area contributed by atoms with E-state index in [1.165, 1.54) is 5.56 Å². The molecular weight excluding hydrogens is 440 g/mol. The van der Waals surface area contributed by atoms with Crippen molar-refractivity contribution >= 4 is 16.8 Å². The van der Waals surface area contributed by atoms with E-state index in [2.05, 4.69) is 38.1 Å². The molecule has 8 heteroatoms. The third kappa shape index (κ3) is 5.33. The molecule has 1 saturated heterocycles. The number of benzene rings is 1. The van der Waals surface area contributed by atoms with Gasteiger partial charge in [-0.3, -0.25) is 19.8 Å². The van der Waals surface area contributed by atoms with Crippen LogP contribution in [0.4, 0.5) is 0 Å². The molecule has 180 valence electrons. The van der Waals surface area contributed by atoms with Crippen molar-refractivity contribution in [3.8, 4) is 22.9 Å². The third-order valence-corrected chi connectivity index (χ3v) is 6.61. The number of H-pyrrole nitrogens is 1. The lowest BCUT2D eigenvalue weighted by atomic mass is 10.1. The van der Waals surface area contributed by atoms with Crippen LogP contribution in [0.25, 0.3) is 22.2 Å². The van der Waals surface area contributed by atoms with Crippen LogP contribution in [0.15, 0.2) is 61.1 Å². The number of hydrogen-bond acceptors (Lipinski definition) is 6. The van der Waals surface area contributed by atoms with Gasteiger partial charge in [-0.25, -0.2) is 4.98 Å². The number of aromatic amines is 1. The van der Waals surface area contributed by atoms with Crippen LogP contribution in [0.1, 0.15) is 25.8 Å². The number of pyridine rings is 2. The molecule has 0 spiro atoms. The summed E-state index contributed by atoms with van der Waals surface area (Å²) >= 11 is 0.